The maximum absolute atomic E-state index is 12.9. The minimum atomic E-state index is -0.908. The van der Waals surface area contributed by atoms with Crippen LogP contribution in [0.2, 0.25) is 0 Å². The van der Waals surface area contributed by atoms with Crippen LogP contribution in [0.4, 0.5) is 10.1 Å². The van der Waals surface area contributed by atoms with Crippen molar-refractivity contribution in [2.45, 2.75) is 6.92 Å². The Hall–Kier alpha value is -3.15. The predicted octanol–water partition coefficient (Wildman–Crippen LogP) is 3.14. The maximum Gasteiger partial charge on any atom is 0.297 e. The van der Waals surface area contributed by atoms with Crippen LogP contribution in [-0.4, -0.2) is 21.8 Å². The van der Waals surface area contributed by atoms with Crippen LogP contribution < -0.4 is 5.32 Å². The first-order valence-corrected chi connectivity index (χ1v) is 6.88. The molecule has 3 rings (SSSR count). The van der Waals surface area contributed by atoms with E-state index in [1.807, 2.05) is 13.0 Å². The lowest BCUT2D eigenvalue weighted by Gasteiger charge is -2.04. The molecule has 0 fully saturated rings. The number of anilines is 1. The number of aromatic nitrogens is 1. The molecule has 0 unspecified atom stereocenters. The van der Waals surface area contributed by atoms with Crippen molar-refractivity contribution in [3.05, 3.63) is 59.4 Å². The van der Waals surface area contributed by atoms with Gasteiger partial charge in [0.15, 0.2) is 0 Å². The first-order chi connectivity index (χ1) is 11.0. The number of H-pyrrole nitrogens is 1. The highest BCUT2D eigenvalue weighted by molar-refractivity contribution is 6.49. The molecule has 23 heavy (non-hydrogen) atoms. The van der Waals surface area contributed by atoms with Crippen LogP contribution in [0.3, 0.4) is 0 Å². The fraction of sp³-hybridized carbons (Fsp3) is 0.0588. The Morgan fingerprint density at radius 3 is 2.52 bits per heavy atom. The van der Waals surface area contributed by atoms with Crippen LogP contribution in [0.5, 0.6) is 5.88 Å². The number of halogens is 1. The van der Waals surface area contributed by atoms with E-state index < -0.39 is 17.5 Å². The molecule has 1 amide bonds. The number of hydrogen-bond donors (Lipinski definition) is 3. The molecule has 2 aromatic carbocycles. The Kier molecular flexibility index (Phi) is 3.57. The summed E-state index contributed by atoms with van der Waals surface area (Å²) in [7, 11) is 0. The van der Waals surface area contributed by atoms with Gasteiger partial charge >= 0.3 is 0 Å². The molecule has 116 valence electrons. The van der Waals surface area contributed by atoms with E-state index in [4.69, 9.17) is 0 Å². The molecule has 1 heterocycles. The van der Waals surface area contributed by atoms with Crippen molar-refractivity contribution < 1.29 is 19.1 Å². The number of aromatic hydroxyl groups is 1. The van der Waals surface area contributed by atoms with Crippen molar-refractivity contribution in [2.24, 2.45) is 0 Å². The fourth-order valence-corrected chi connectivity index (χ4v) is 2.36. The summed E-state index contributed by atoms with van der Waals surface area (Å²) >= 11 is 0. The summed E-state index contributed by atoms with van der Waals surface area (Å²) in [6.07, 6.45) is 0. The van der Waals surface area contributed by atoms with Crippen molar-refractivity contribution in [2.75, 3.05) is 5.32 Å². The van der Waals surface area contributed by atoms with Crippen molar-refractivity contribution in [1.82, 2.24) is 4.98 Å². The number of carbonyl (C=O) groups is 2. The summed E-state index contributed by atoms with van der Waals surface area (Å²) in [6.45, 7) is 1.84. The zero-order valence-electron chi connectivity index (χ0n) is 12.2. The van der Waals surface area contributed by atoms with Gasteiger partial charge in [-0.1, -0.05) is 11.6 Å². The number of rotatable bonds is 3. The van der Waals surface area contributed by atoms with Crippen LogP contribution in [0.25, 0.3) is 10.9 Å². The van der Waals surface area contributed by atoms with Gasteiger partial charge in [-0.15, -0.1) is 0 Å². The quantitative estimate of drug-likeness (QED) is 0.513. The van der Waals surface area contributed by atoms with Crippen molar-refractivity contribution >= 4 is 28.3 Å². The average molecular weight is 312 g/mol. The number of benzene rings is 2. The van der Waals surface area contributed by atoms with E-state index >= 15 is 0 Å². The lowest BCUT2D eigenvalue weighted by molar-refractivity contribution is -0.112. The molecule has 0 bridgehead atoms. The molecule has 6 heteroatoms. The Labute approximate surface area is 130 Å². The number of ketones is 1. The number of aromatic amines is 1. The molecule has 0 radical (unpaired) electrons. The lowest BCUT2D eigenvalue weighted by atomic mass is 10.1. The molecule has 0 aliphatic rings. The average Bonchev–Trinajstić information content (AvgIpc) is 2.84. The van der Waals surface area contributed by atoms with Crippen LogP contribution in [0.1, 0.15) is 15.9 Å². The van der Waals surface area contributed by atoms with E-state index in [1.54, 1.807) is 12.1 Å². The van der Waals surface area contributed by atoms with Crippen LogP contribution >= 0.6 is 0 Å². The SMILES string of the molecule is Cc1ccc2[nH]c(O)c(C(=O)C(=O)Nc3ccc(F)cc3)c2c1. The molecular weight excluding hydrogens is 299 g/mol. The van der Waals surface area contributed by atoms with Gasteiger partial charge in [0.2, 0.25) is 5.88 Å². The molecule has 3 aromatic rings. The highest BCUT2D eigenvalue weighted by Crippen LogP contribution is 2.28. The van der Waals surface area contributed by atoms with Gasteiger partial charge in [-0.25, -0.2) is 4.39 Å². The summed E-state index contributed by atoms with van der Waals surface area (Å²) < 4.78 is 12.9. The lowest BCUT2D eigenvalue weighted by Crippen LogP contribution is -2.22. The summed E-state index contributed by atoms with van der Waals surface area (Å²) in [5.41, 5.74) is 1.67. The number of hydrogen-bond acceptors (Lipinski definition) is 3. The second-order valence-electron chi connectivity index (χ2n) is 5.19. The second kappa shape index (κ2) is 5.57. The molecule has 0 spiro atoms. The van der Waals surface area contributed by atoms with Gasteiger partial charge in [-0.3, -0.25) is 9.59 Å². The summed E-state index contributed by atoms with van der Waals surface area (Å²) in [5, 5.41) is 12.8. The largest absolute Gasteiger partial charge is 0.494 e. The summed E-state index contributed by atoms with van der Waals surface area (Å²) in [6, 6.07) is 10.3. The first-order valence-electron chi connectivity index (χ1n) is 6.88. The van der Waals surface area contributed by atoms with Crippen LogP contribution in [-0.2, 0) is 4.79 Å². The number of nitrogens with one attached hydrogen (secondary N) is 2. The van der Waals surface area contributed by atoms with E-state index in [-0.39, 0.29) is 11.4 Å². The molecule has 0 atom stereocenters. The predicted molar refractivity (Wildman–Crippen MR) is 84.1 cm³/mol. The van der Waals surface area contributed by atoms with Gasteiger partial charge in [0, 0.05) is 16.6 Å². The Bertz CT molecular complexity index is 913. The van der Waals surface area contributed by atoms with Crippen molar-refractivity contribution in [1.29, 1.82) is 0 Å². The summed E-state index contributed by atoms with van der Waals surface area (Å²) in [5.74, 6) is -2.58. The Morgan fingerprint density at radius 2 is 1.83 bits per heavy atom. The maximum atomic E-state index is 12.9. The molecule has 0 saturated heterocycles. The number of aryl methyl sites for hydroxylation is 1. The highest BCUT2D eigenvalue weighted by atomic mass is 19.1. The molecule has 1 aromatic heterocycles. The van der Waals surface area contributed by atoms with Gasteiger partial charge in [0.25, 0.3) is 11.7 Å². The third-order valence-electron chi connectivity index (χ3n) is 3.47. The van der Waals surface area contributed by atoms with Crippen molar-refractivity contribution in [3.8, 4) is 5.88 Å². The monoisotopic (exact) mass is 312 g/mol. The third kappa shape index (κ3) is 2.78. The molecule has 0 aliphatic carbocycles. The van der Waals surface area contributed by atoms with Gasteiger partial charge in [0.05, 0.1) is 5.56 Å². The standard InChI is InChI=1S/C17H13FN2O3/c1-9-2-7-13-12(8-9)14(16(22)20-13)15(21)17(23)19-11-5-3-10(18)4-6-11/h2-8,20,22H,1H3,(H,19,23). The number of carbonyl (C=O) groups excluding carboxylic acids is 2. The van der Waals surface area contributed by atoms with Crippen LogP contribution in [0, 0.1) is 12.7 Å². The van der Waals surface area contributed by atoms with Gasteiger partial charge in [-0.05, 0) is 43.3 Å². The Morgan fingerprint density at radius 1 is 1.13 bits per heavy atom. The number of fused-ring (bicyclic) bond motifs is 1. The van der Waals surface area contributed by atoms with E-state index in [1.165, 1.54) is 24.3 Å². The minimum absolute atomic E-state index is 0.0803. The van der Waals surface area contributed by atoms with Crippen molar-refractivity contribution in [3.63, 3.8) is 0 Å². The molecule has 5 nitrogen and oxygen atoms in total. The zero-order chi connectivity index (χ0) is 16.6. The molecule has 0 aliphatic heterocycles. The highest BCUT2D eigenvalue weighted by Gasteiger charge is 2.24. The molecule has 3 N–H and O–H groups in total. The van der Waals surface area contributed by atoms with Gasteiger partial charge < -0.3 is 15.4 Å². The smallest absolute Gasteiger partial charge is 0.297 e. The normalized spacial score (nSPS) is 10.7. The van der Waals surface area contributed by atoms with E-state index in [2.05, 4.69) is 10.3 Å². The van der Waals surface area contributed by atoms with Gasteiger partial charge in [0.1, 0.15) is 5.82 Å². The topological polar surface area (TPSA) is 82.2 Å². The fourth-order valence-electron chi connectivity index (χ4n) is 2.36. The number of amides is 1. The second-order valence-corrected chi connectivity index (χ2v) is 5.19. The van der Waals surface area contributed by atoms with E-state index in [0.717, 1.165) is 5.56 Å². The number of Topliss-reactive ketones (excluding diaryl/α,β-unsaturated/α-hetero) is 1. The van der Waals surface area contributed by atoms with E-state index in [0.29, 0.717) is 16.6 Å². The molecular formula is C17H13FN2O3. The van der Waals surface area contributed by atoms with Crippen LogP contribution in [0.15, 0.2) is 42.5 Å². The van der Waals surface area contributed by atoms with Gasteiger partial charge in [-0.2, -0.15) is 0 Å². The molecule has 0 saturated carbocycles. The minimum Gasteiger partial charge on any atom is -0.494 e. The third-order valence-corrected chi connectivity index (χ3v) is 3.47. The Balaban J connectivity index is 1.93. The summed E-state index contributed by atoms with van der Waals surface area (Å²) in [4.78, 5) is 27.1. The zero-order valence-corrected chi connectivity index (χ0v) is 12.2. The van der Waals surface area contributed by atoms with E-state index in [9.17, 15) is 19.1 Å². The first kappa shape index (κ1) is 14.8.